The smallest absolute Gasteiger partial charge is 0.333 e. The molecule has 0 aliphatic carbocycles. The summed E-state index contributed by atoms with van der Waals surface area (Å²) in [6.07, 6.45) is 2.99. The third-order valence-electron chi connectivity index (χ3n) is 2.12. The minimum atomic E-state index is -0.692. The van der Waals surface area contributed by atoms with Gasteiger partial charge in [0.15, 0.2) is 0 Å². The van der Waals surface area contributed by atoms with Crippen molar-refractivity contribution in [2.24, 2.45) is 5.73 Å². The maximum absolute atomic E-state index is 11.5. The van der Waals surface area contributed by atoms with E-state index in [1.54, 1.807) is 13.0 Å². The second-order valence-corrected chi connectivity index (χ2v) is 4.36. The molecule has 5 nitrogen and oxygen atoms in total. The molecule has 96 valence electrons. The summed E-state index contributed by atoms with van der Waals surface area (Å²) in [7, 11) is 0. The molecule has 6 heteroatoms. The molecule has 0 aliphatic heterocycles. The van der Waals surface area contributed by atoms with Crippen molar-refractivity contribution >= 4 is 33.9 Å². The molecule has 0 heterocycles. The van der Waals surface area contributed by atoms with Gasteiger partial charge >= 0.3 is 6.03 Å². The number of carbonyl (C=O) groups excluding carboxylic acids is 2. The van der Waals surface area contributed by atoms with Crippen LogP contribution in [0.3, 0.4) is 0 Å². The number of hydrogen-bond acceptors (Lipinski definition) is 2. The van der Waals surface area contributed by atoms with Crippen molar-refractivity contribution in [3.63, 3.8) is 0 Å². The van der Waals surface area contributed by atoms with Gasteiger partial charge in [-0.1, -0.05) is 28.1 Å². The molecule has 0 spiro atoms. The number of nitrogens with zero attached hydrogens (tertiary/aromatic N) is 1. The zero-order valence-corrected chi connectivity index (χ0v) is 11.5. The molecule has 1 aromatic carbocycles. The summed E-state index contributed by atoms with van der Waals surface area (Å²) >= 11 is 3.32. The molecule has 0 bridgehead atoms. The Hall–Kier alpha value is -1.82. The van der Waals surface area contributed by atoms with Crippen LogP contribution in [0.5, 0.6) is 0 Å². The summed E-state index contributed by atoms with van der Waals surface area (Å²) < 4.78 is 0.968. The van der Waals surface area contributed by atoms with Crippen LogP contribution in [0.1, 0.15) is 12.5 Å². The van der Waals surface area contributed by atoms with Crippen LogP contribution in [0, 0.1) is 0 Å². The number of benzene rings is 1. The van der Waals surface area contributed by atoms with Gasteiger partial charge in [0.25, 0.3) is 5.91 Å². The molecule has 0 radical (unpaired) electrons. The second kappa shape index (κ2) is 6.80. The van der Waals surface area contributed by atoms with Gasteiger partial charge in [-0.2, -0.15) is 0 Å². The first-order valence-electron chi connectivity index (χ1n) is 5.34. The van der Waals surface area contributed by atoms with Crippen LogP contribution in [0.15, 0.2) is 34.8 Å². The maximum atomic E-state index is 11.5. The molecular weight excluding hydrogens is 298 g/mol. The van der Waals surface area contributed by atoms with Crippen LogP contribution in [0.2, 0.25) is 0 Å². The fraction of sp³-hybridized carbons (Fsp3) is 0.167. The topological polar surface area (TPSA) is 75.4 Å². The van der Waals surface area contributed by atoms with Crippen molar-refractivity contribution in [3.8, 4) is 0 Å². The van der Waals surface area contributed by atoms with Crippen LogP contribution in [-0.4, -0.2) is 23.5 Å². The zero-order chi connectivity index (χ0) is 13.5. The first-order valence-corrected chi connectivity index (χ1v) is 6.13. The molecule has 0 saturated carbocycles. The van der Waals surface area contributed by atoms with E-state index < -0.39 is 11.9 Å². The third-order valence-corrected chi connectivity index (χ3v) is 2.65. The van der Waals surface area contributed by atoms with E-state index in [0.29, 0.717) is 6.54 Å². The van der Waals surface area contributed by atoms with Crippen molar-refractivity contribution in [1.82, 2.24) is 10.4 Å². The summed E-state index contributed by atoms with van der Waals surface area (Å²) in [6.45, 7) is 2.02. The fourth-order valence-corrected chi connectivity index (χ4v) is 1.47. The fourth-order valence-electron chi connectivity index (χ4n) is 1.21. The van der Waals surface area contributed by atoms with Gasteiger partial charge in [0, 0.05) is 17.1 Å². The molecule has 1 rings (SSSR count). The molecule has 0 aliphatic rings. The summed E-state index contributed by atoms with van der Waals surface area (Å²) in [5.41, 5.74) is 8.32. The number of amides is 3. The first kappa shape index (κ1) is 14.2. The average molecular weight is 312 g/mol. The molecular formula is C12H14BrN3O2. The van der Waals surface area contributed by atoms with Gasteiger partial charge in [-0.05, 0) is 30.7 Å². The molecule has 0 saturated heterocycles. The van der Waals surface area contributed by atoms with Crippen molar-refractivity contribution in [3.05, 3.63) is 40.4 Å². The highest BCUT2D eigenvalue weighted by Crippen LogP contribution is 2.11. The number of nitrogens with one attached hydrogen (secondary N) is 1. The summed E-state index contributed by atoms with van der Waals surface area (Å²) in [4.78, 5) is 22.4. The summed E-state index contributed by atoms with van der Waals surface area (Å²) in [5.74, 6) is -0.404. The van der Waals surface area contributed by atoms with Gasteiger partial charge in [-0.25, -0.2) is 9.80 Å². The molecule has 3 amide bonds. The van der Waals surface area contributed by atoms with E-state index in [1.165, 1.54) is 6.08 Å². The molecule has 0 aromatic heterocycles. The largest absolute Gasteiger partial charge is 0.350 e. The molecule has 0 fully saturated rings. The first-order chi connectivity index (χ1) is 8.52. The third kappa shape index (κ3) is 4.58. The van der Waals surface area contributed by atoms with Crippen LogP contribution in [-0.2, 0) is 4.79 Å². The minimum Gasteiger partial charge on any atom is -0.350 e. The Morgan fingerprint density at radius 2 is 2.00 bits per heavy atom. The van der Waals surface area contributed by atoms with Crippen molar-refractivity contribution in [2.45, 2.75) is 6.92 Å². The lowest BCUT2D eigenvalue weighted by Crippen LogP contribution is -2.48. The molecule has 1 aromatic rings. The SMILES string of the molecule is CCN(NC(=O)C=Cc1ccc(Br)cc1)C(N)=O. The number of urea groups is 1. The summed E-state index contributed by atoms with van der Waals surface area (Å²) in [5, 5.41) is 1.04. The van der Waals surface area contributed by atoms with Crippen LogP contribution >= 0.6 is 15.9 Å². The van der Waals surface area contributed by atoms with E-state index in [1.807, 2.05) is 24.3 Å². The van der Waals surface area contributed by atoms with Crippen LogP contribution in [0.4, 0.5) is 4.79 Å². The predicted octanol–water partition coefficient (Wildman–Crippen LogP) is 1.89. The van der Waals surface area contributed by atoms with Crippen molar-refractivity contribution in [1.29, 1.82) is 0 Å². The number of nitrogens with two attached hydrogens (primary N) is 1. The molecule has 0 atom stereocenters. The van der Waals surface area contributed by atoms with E-state index in [9.17, 15) is 9.59 Å². The van der Waals surface area contributed by atoms with Gasteiger partial charge in [0.1, 0.15) is 0 Å². The Kier molecular flexibility index (Phi) is 5.38. The van der Waals surface area contributed by atoms with Gasteiger partial charge in [0.05, 0.1) is 0 Å². The molecule has 0 unspecified atom stereocenters. The summed E-state index contributed by atoms with van der Waals surface area (Å²) in [6, 6.07) is 6.78. The Labute approximate surface area is 114 Å². The highest BCUT2D eigenvalue weighted by molar-refractivity contribution is 9.10. The number of rotatable bonds is 3. The number of hydrogen-bond donors (Lipinski definition) is 2. The van der Waals surface area contributed by atoms with E-state index in [-0.39, 0.29) is 0 Å². The van der Waals surface area contributed by atoms with Crippen molar-refractivity contribution in [2.75, 3.05) is 6.54 Å². The molecule has 3 N–H and O–H groups in total. The highest BCUT2D eigenvalue weighted by Gasteiger charge is 2.08. The molecule has 18 heavy (non-hydrogen) atoms. The Morgan fingerprint density at radius 1 is 1.39 bits per heavy atom. The lowest BCUT2D eigenvalue weighted by Gasteiger charge is -2.17. The Bertz CT molecular complexity index is 457. The highest BCUT2D eigenvalue weighted by atomic mass is 79.9. The van der Waals surface area contributed by atoms with Gasteiger partial charge < -0.3 is 5.73 Å². The van der Waals surface area contributed by atoms with Crippen LogP contribution < -0.4 is 11.2 Å². The lowest BCUT2D eigenvalue weighted by molar-refractivity contribution is -0.119. The number of halogens is 1. The van der Waals surface area contributed by atoms with Crippen LogP contribution in [0.25, 0.3) is 6.08 Å². The average Bonchev–Trinajstić information content (AvgIpc) is 2.35. The normalized spacial score (nSPS) is 10.3. The number of carbonyl (C=O) groups is 2. The predicted molar refractivity (Wildman–Crippen MR) is 73.3 cm³/mol. The van der Waals surface area contributed by atoms with Gasteiger partial charge in [0.2, 0.25) is 0 Å². The maximum Gasteiger partial charge on any atom is 0.333 e. The number of hydrazine groups is 1. The lowest BCUT2D eigenvalue weighted by atomic mass is 10.2. The Morgan fingerprint density at radius 3 is 2.50 bits per heavy atom. The standard InChI is InChI=1S/C12H14BrN3O2/c1-2-16(12(14)18)15-11(17)8-5-9-3-6-10(13)7-4-9/h3-8H,2H2,1H3,(H2,14,18)(H,15,17). The van der Waals surface area contributed by atoms with Gasteiger partial charge in [-0.15, -0.1) is 0 Å². The minimum absolute atomic E-state index is 0.313. The zero-order valence-electron chi connectivity index (χ0n) is 9.89. The van der Waals surface area contributed by atoms with E-state index >= 15 is 0 Å². The van der Waals surface area contributed by atoms with E-state index in [0.717, 1.165) is 15.0 Å². The second-order valence-electron chi connectivity index (χ2n) is 3.44. The van der Waals surface area contributed by atoms with E-state index in [2.05, 4.69) is 21.4 Å². The van der Waals surface area contributed by atoms with E-state index in [4.69, 9.17) is 5.73 Å². The monoisotopic (exact) mass is 311 g/mol. The number of primary amides is 1. The quantitative estimate of drug-likeness (QED) is 0.660. The van der Waals surface area contributed by atoms with Crippen molar-refractivity contribution < 1.29 is 9.59 Å². The Balaban J connectivity index is 2.59. The van der Waals surface area contributed by atoms with Gasteiger partial charge in [-0.3, -0.25) is 10.2 Å².